The summed E-state index contributed by atoms with van der Waals surface area (Å²) < 4.78 is 37.6. The van der Waals surface area contributed by atoms with Crippen molar-refractivity contribution in [3.8, 4) is 5.75 Å². The van der Waals surface area contributed by atoms with Crippen molar-refractivity contribution in [1.29, 1.82) is 0 Å². The number of methoxy groups -OCH3 is 1. The highest BCUT2D eigenvalue weighted by atomic mass is 35.5. The first-order valence-electron chi connectivity index (χ1n) is 8.95. The molecule has 1 fully saturated rings. The second-order valence-electron chi connectivity index (χ2n) is 6.62. The van der Waals surface area contributed by atoms with Crippen molar-refractivity contribution in [2.45, 2.75) is 24.3 Å². The summed E-state index contributed by atoms with van der Waals surface area (Å²) in [6.07, 6.45) is 1.20. The number of sulfonamides is 1. The lowest BCUT2D eigenvalue weighted by Gasteiger charge is -2.30. The standard InChI is InChI=1S/C20H22ClNO5S/c1-26-18-6-2-4-15(12-18)14-27-20(23)16-5-3-11-22(13-16)28(24,25)19-9-7-17(21)8-10-19/h2,4,6-10,12,16H,3,5,11,13-14H2,1H3. The Kier molecular flexibility index (Phi) is 6.59. The molecule has 3 rings (SSSR count). The number of hydrogen-bond donors (Lipinski definition) is 0. The van der Waals surface area contributed by atoms with E-state index >= 15 is 0 Å². The molecule has 8 heteroatoms. The van der Waals surface area contributed by atoms with Crippen LogP contribution in [0.3, 0.4) is 0 Å². The maximum absolute atomic E-state index is 12.8. The van der Waals surface area contributed by atoms with E-state index in [1.54, 1.807) is 13.2 Å². The summed E-state index contributed by atoms with van der Waals surface area (Å²) in [4.78, 5) is 12.7. The van der Waals surface area contributed by atoms with Gasteiger partial charge in [-0.2, -0.15) is 4.31 Å². The molecule has 6 nitrogen and oxygen atoms in total. The molecule has 0 radical (unpaired) electrons. The van der Waals surface area contributed by atoms with Crippen LogP contribution in [0.4, 0.5) is 0 Å². The van der Waals surface area contributed by atoms with Gasteiger partial charge in [0.2, 0.25) is 10.0 Å². The van der Waals surface area contributed by atoms with E-state index in [0.29, 0.717) is 30.2 Å². The predicted molar refractivity (Wildman–Crippen MR) is 106 cm³/mol. The van der Waals surface area contributed by atoms with Crippen LogP contribution in [0.15, 0.2) is 53.4 Å². The van der Waals surface area contributed by atoms with E-state index in [1.165, 1.54) is 28.6 Å². The summed E-state index contributed by atoms with van der Waals surface area (Å²) in [5.41, 5.74) is 0.814. The Morgan fingerprint density at radius 3 is 2.68 bits per heavy atom. The maximum atomic E-state index is 12.8. The molecular weight excluding hydrogens is 402 g/mol. The summed E-state index contributed by atoms with van der Waals surface area (Å²) >= 11 is 5.84. The number of benzene rings is 2. The molecule has 0 saturated carbocycles. The second kappa shape index (κ2) is 8.94. The molecule has 1 aliphatic rings. The number of carbonyl (C=O) groups is 1. The number of nitrogens with zero attached hydrogens (tertiary/aromatic N) is 1. The summed E-state index contributed by atoms with van der Waals surface area (Å²) in [6, 6.07) is 13.3. The Bertz CT molecular complexity index is 930. The number of piperidine rings is 1. The second-order valence-corrected chi connectivity index (χ2v) is 8.99. The van der Waals surface area contributed by atoms with Crippen LogP contribution >= 0.6 is 11.6 Å². The first-order chi connectivity index (χ1) is 13.4. The van der Waals surface area contributed by atoms with Crippen LogP contribution in [0.5, 0.6) is 5.75 Å². The lowest BCUT2D eigenvalue weighted by Crippen LogP contribution is -2.42. The van der Waals surface area contributed by atoms with Crippen LogP contribution in [-0.2, 0) is 26.2 Å². The van der Waals surface area contributed by atoms with E-state index in [1.807, 2.05) is 18.2 Å². The van der Waals surface area contributed by atoms with Crippen molar-refractivity contribution < 1.29 is 22.7 Å². The molecule has 1 unspecified atom stereocenters. The highest BCUT2D eigenvalue weighted by molar-refractivity contribution is 7.89. The van der Waals surface area contributed by atoms with Crippen LogP contribution in [0, 0.1) is 5.92 Å². The number of ether oxygens (including phenoxy) is 2. The SMILES string of the molecule is COc1cccc(COC(=O)C2CCCN(S(=O)(=O)c3ccc(Cl)cc3)C2)c1. The van der Waals surface area contributed by atoms with E-state index in [4.69, 9.17) is 21.1 Å². The topological polar surface area (TPSA) is 72.9 Å². The van der Waals surface area contributed by atoms with Crippen molar-refractivity contribution >= 4 is 27.6 Å². The summed E-state index contributed by atoms with van der Waals surface area (Å²) in [5.74, 6) is -0.188. The van der Waals surface area contributed by atoms with Crippen molar-refractivity contribution in [2.75, 3.05) is 20.2 Å². The molecular formula is C20H22ClNO5S. The lowest BCUT2D eigenvalue weighted by atomic mass is 10.00. The molecule has 1 aliphatic heterocycles. The Morgan fingerprint density at radius 2 is 1.96 bits per heavy atom. The largest absolute Gasteiger partial charge is 0.497 e. The number of hydrogen-bond acceptors (Lipinski definition) is 5. The van der Waals surface area contributed by atoms with Gasteiger partial charge in [0, 0.05) is 18.1 Å². The van der Waals surface area contributed by atoms with Gasteiger partial charge >= 0.3 is 5.97 Å². The molecule has 2 aromatic carbocycles. The quantitative estimate of drug-likeness (QED) is 0.665. The molecule has 28 heavy (non-hydrogen) atoms. The average molecular weight is 424 g/mol. The van der Waals surface area contributed by atoms with Gasteiger partial charge in [-0.3, -0.25) is 4.79 Å². The Labute approximate surface area is 170 Å². The minimum Gasteiger partial charge on any atom is -0.497 e. The predicted octanol–water partition coefficient (Wildman–Crippen LogP) is 3.49. The van der Waals surface area contributed by atoms with E-state index in [2.05, 4.69) is 0 Å². The van der Waals surface area contributed by atoms with Gasteiger partial charge in [-0.25, -0.2) is 8.42 Å². The van der Waals surface area contributed by atoms with Crippen LogP contribution in [-0.4, -0.2) is 38.9 Å². The third kappa shape index (κ3) is 4.84. The molecule has 0 spiro atoms. The molecule has 0 N–H and O–H groups in total. The zero-order valence-corrected chi connectivity index (χ0v) is 17.1. The first-order valence-corrected chi connectivity index (χ1v) is 10.8. The van der Waals surface area contributed by atoms with Gasteiger partial charge in [0.1, 0.15) is 12.4 Å². The van der Waals surface area contributed by atoms with Gasteiger partial charge in [0.15, 0.2) is 0 Å². The monoisotopic (exact) mass is 423 g/mol. The van der Waals surface area contributed by atoms with Gasteiger partial charge in [0.25, 0.3) is 0 Å². The van der Waals surface area contributed by atoms with Crippen LogP contribution < -0.4 is 4.74 Å². The number of rotatable bonds is 6. The molecule has 0 aromatic heterocycles. The van der Waals surface area contributed by atoms with E-state index < -0.39 is 15.9 Å². The fraction of sp³-hybridized carbons (Fsp3) is 0.350. The number of esters is 1. The van der Waals surface area contributed by atoms with E-state index in [0.717, 1.165) is 5.56 Å². The highest BCUT2D eigenvalue weighted by Crippen LogP contribution is 2.26. The number of halogens is 1. The van der Waals surface area contributed by atoms with Crippen LogP contribution in [0.1, 0.15) is 18.4 Å². The Morgan fingerprint density at radius 1 is 1.21 bits per heavy atom. The van der Waals surface area contributed by atoms with Crippen LogP contribution in [0.2, 0.25) is 5.02 Å². The van der Waals surface area contributed by atoms with Gasteiger partial charge < -0.3 is 9.47 Å². The molecule has 1 saturated heterocycles. The zero-order valence-electron chi connectivity index (χ0n) is 15.5. The van der Waals surface area contributed by atoms with Crippen molar-refractivity contribution in [3.05, 3.63) is 59.1 Å². The van der Waals surface area contributed by atoms with Crippen molar-refractivity contribution in [1.82, 2.24) is 4.31 Å². The molecule has 1 atom stereocenters. The fourth-order valence-corrected chi connectivity index (χ4v) is 4.79. The van der Waals surface area contributed by atoms with Crippen molar-refractivity contribution in [2.24, 2.45) is 5.92 Å². The lowest BCUT2D eigenvalue weighted by molar-refractivity contribution is -0.151. The van der Waals surface area contributed by atoms with E-state index in [9.17, 15) is 13.2 Å². The van der Waals surface area contributed by atoms with Gasteiger partial charge in [-0.15, -0.1) is 0 Å². The minimum absolute atomic E-state index is 0.113. The van der Waals surface area contributed by atoms with Gasteiger partial charge in [-0.1, -0.05) is 23.7 Å². The molecule has 150 valence electrons. The molecule has 0 amide bonds. The highest BCUT2D eigenvalue weighted by Gasteiger charge is 2.34. The average Bonchev–Trinajstić information content (AvgIpc) is 2.72. The molecule has 2 aromatic rings. The summed E-state index contributed by atoms with van der Waals surface area (Å²) in [6.45, 7) is 0.614. The summed E-state index contributed by atoms with van der Waals surface area (Å²) in [7, 11) is -2.10. The Balaban J connectivity index is 1.63. The first kappa shape index (κ1) is 20.6. The number of carbonyl (C=O) groups excluding carboxylic acids is 1. The third-order valence-corrected chi connectivity index (χ3v) is 6.82. The zero-order chi connectivity index (χ0) is 20.1. The maximum Gasteiger partial charge on any atom is 0.310 e. The smallest absolute Gasteiger partial charge is 0.310 e. The molecule has 0 aliphatic carbocycles. The molecule has 1 heterocycles. The fourth-order valence-electron chi connectivity index (χ4n) is 3.14. The van der Waals surface area contributed by atoms with Crippen molar-refractivity contribution in [3.63, 3.8) is 0 Å². The molecule has 0 bridgehead atoms. The van der Waals surface area contributed by atoms with Gasteiger partial charge in [0.05, 0.1) is 17.9 Å². The Hall–Kier alpha value is -2.09. The van der Waals surface area contributed by atoms with Crippen LogP contribution in [0.25, 0.3) is 0 Å². The van der Waals surface area contributed by atoms with E-state index in [-0.39, 0.29) is 24.0 Å². The normalized spacial score (nSPS) is 17.9. The minimum atomic E-state index is -3.67. The third-order valence-electron chi connectivity index (χ3n) is 4.68. The summed E-state index contributed by atoms with van der Waals surface area (Å²) in [5, 5.41) is 0.469. The van der Waals surface area contributed by atoms with Gasteiger partial charge in [-0.05, 0) is 54.8 Å².